The summed E-state index contributed by atoms with van der Waals surface area (Å²) in [6.45, 7) is 6.44. The Kier molecular flexibility index (Phi) is 5.84. The molecule has 0 saturated heterocycles. The topological polar surface area (TPSA) is 69.8 Å². The van der Waals surface area contributed by atoms with E-state index < -0.39 is 0 Å². The lowest BCUT2D eigenvalue weighted by atomic mass is 10.1. The molecule has 0 aliphatic carbocycles. The van der Waals surface area contributed by atoms with Crippen molar-refractivity contribution in [3.63, 3.8) is 0 Å². The number of fused-ring (bicyclic) bond motifs is 1. The van der Waals surface area contributed by atoms with Crippen molar-refractivity contribution in [1.82, 2.24) is 20.8 Å². The smallest absolute Gasteiger partial charge is 0.273 e. The number of amides is 1. The highest BCUT2D eigenvalue weighted by atomic mass is 79.9. The standard InChI is InChI=1S/C16H19BrN4O.ClH/c1-9(2)14-13(17)15(21-20-14)16(22)19-6-10-3-4-11-7-18-8-12(11)5-10;/h3-5,9,18H,6-8H2,1-2H3,(H,19,22)(H,20,21);1H. The molecule has 23 heavy (non-hydrogen) atoms. The molecule has 0 spiro atoms. The summed E-state index contributed by atoms with van der Waals surface area (Å²) in [5.41, 5.74) is 5.10. The molecule has 7 heteroatoms. The third kappa shape index (κ3) is 3.76. The molecule has 1 aliphatic heterocycles. The molecule has 1 aromatic carbocycles. The van der Waals surface area contributed by atoms with E-state index in [2.05, 4.69) is 68.8 Å². The van der Waals surface area contributed by atoms with Crippen molar-refractivity contribution in [2.24, 2.45) is 0 Å². The van der Waals surface area contributed by atoms with Crippen LogP contribution in [0.5, 0.6) is 0 Å². The van der Waals surface area contributed by atoms with E-state index in [-0.39, 0.29) is 24.2 Å². The lowest BCUT2D eigenvalue weighted by Gasteiger charge is -2.06. The van der Waals surface area contributed by atoms with Gasteiger partial charge in [0.1, 0.15) is 0 Å². The van der Waals surface area contributed by atoms with Crippen LogP contribution in [0.25, 0.3) is 0 Å². The Morgan fingerprint density at radius 3 is 2.78 bits per heavy atom. The first-order valence-electron chi connectivity index (χ1n) is 7.39. The second-order valence-corrected chi connectivity index (χ2v) is 6.64. The van der Waals surface area contributed by atoms with Crippen LogP contribution in [0.3, 0.4) is 0 Å². The molecule has 124 valence electrons. The maximum Gasteiger partial charge on any atom is 0.273 e. The average Bonchev–Trinajstić information content (AvgIpc) is 3.10. The summed E-state index contributed by atoms with van der Waals surface area (Å²) in [5, 5.41) is 13.3. The molecule has 0 atom stereocenters. The molecule has 3 rings (SSSR count). The van der Waals surface area contributed by atoms with Crippen LogP contribution >= 0.6 is 28.3 Å². The first kappa shape index (κ1) is 18.0. The van der Waals surface area contributed by atoms with Crippen LogP contribution in [0.2, 0.25) is 0 Å². The molecule has 3 N–H and O–H groups in total. The SMILES string of the molecule is CC(C)c1[nH]nc(C(=O)NCc2ccc3c(c2)CNC3)c1Br.Cl. The summed E-state index contributed by atoms with van der Waals surface area (Å²) in [5.74, 6) is 0.112. The lowest BCUT2D eigenvalue weighted by Crippen LogP contribution is -2.23. The number of carbonyl (C=O) groups is 1. The molecule has 1 amide bonds. The summed E-state index contributed by atoms with van der Waals surface area (Å²) in [6.07, 6.45) is 0. The van der Waals surface area contributed by atoms with E-state index in [0.717, 1.165) is 28.8 Å². The minimum absolute atomic E-state index is 0. The van der Waals surface area contributed by atoms with Crippen LogP contribution in [0, 0.1) is 0 Å². The number of aromatic nitrogens is 2. The zero-order valence-electron chi connectivity index (χ0n) is 13.1. The molecule has 1 aliphatic rings. The number of carbonyl (C=O) groups excluding carboxylic acids is 1. The van der Waals surface area contributed by atoms with Gasteiger partial charge in [0.05, 0.1) is 10.2 Å². The Hall–Kier alpha value is -1.37. The van der Waals surface area contributed by atoms with Gasteiger partial charge in [-0.25, -0.2) is 0 Å². The number of hydrogen-bond donors (Lipinski definition) is 3. The summed E-state index contributed by atoms with van der Waals surface area (Å²) >= 11 is 3.46. The highest BCUT2D eigenvalue weighted by Crippen LogP contribution is 2.25. The van der Waals surface area contributed by atoms with E-state index in [0.29, 0.717) is 12.2 Å². The van der Waals surface area contributed by atoms with Gasteiger partial charge < -0.3 is 10.6 Å². The van der Waals surface area contributed by atoms with Crippen LogP contribution < -0.4 is 10.6 Å². The van der Waals surface area contributed by atoms with Crippen LogP contribution in [0.1, 0.15) is 52.6 Å². The Balaban J connectivity index is 0.00000192. The van der Waals surface area contributed by atoms with Gasteiger partial charge in [-0.1, -0.05) is 32.0 Å². The molecular weight excluding hydrogens is 380 g/mol. The first-order valence-corrected chi connectivity index (χ1v) is 8.19. The van der Waals surface area contributed by atoms with Crippen molar-refractivity contribution in [3.05, 3.63) is 50.8 Å². The largest absolute Gasteiger partial charge is 0.347 e. The van der Waals surface area contributed by atoms with E-state index in [9.17, 15) is 4.79 Å². The van der Waals surface area contributed by atoms with E-state index in [4.69, 9.17) is 0 Å². The van der Waals surface area contributed by atoms with E-state index in [1.807, 2.05) is 0 Å². The number of benzene rings is 1. The van der Waals surface area contributed by atoms with Gasteiger partial charge in [-0.05, 0) is 38.5 Å². The number of halogens is 2. The van der Waals surface area contributed by atoms with Gasteiger partial charge in [0.2, 0.25) is 0 Å². The van der Waals surface area contributed by atoms with Crippen molar-refractivity contribution in [2.45, 2.75) is 39.4 Å². The predicted octanol–water partition coefficient (Wildman–Crippen LogP) is 3.25. The molecule has 0 bridgehead atoms. The van der Waals surface area contributed by atoms with Crippen molar-refractivity contribution in [1.29, 1.82) is 0 Å². The lowest BCUT2D eigenvalue weighted by molar-refractivity contribution is 0.0945. The summed E-state index contributed by atoms with van der Waals surface area (Å²) in [6, 6.07) is 6.33. The molecule has 0 fully saturated rings. The van der Waals surface area contributed by atoms with Gasteiger partial charge in [0, 0.05) is 19.6 Å². The fourth-order valence-electron chi connectivity index (χ4n) is 2.60. The van der Waals surface area contributed by atoms with Gasteiger partial charge >= 0.3 is 0 Å². The predicted molar refractivity (Wildman–Crippen MR) is 95.8 cm³/mol. The maximum absolute atomic E-state index is 12.3. The zero-order chi connectivity index (χ0) is 15.7. The average molecular weight is 400 g/mol. The third-order valence-corrected chi connectivity index (χ3v) is 4.68. The molecule has 2 heterocycles. The Labute approximate surface area is 150 Å². The number of nitrogens with zero attached hydrogens (tertiary/aromatic N) is 1. The maximum atomic E-state index is 12.3. The highest BCUT2D eigenvalue weighted by Gasteiger charge is 2.19. The van der Waals surface area contributed by atoms with Gasteiger partial charge in [0.15, 0.2) is 5.69 Å². The number of rotatable bonds is 4. The first-order chi connectivity index (χ1) is 10.6. The minimum Gasteiger partial charge on any atom is -0.347 e. The van der Waals surface area contributed by atoms with Crippen molar-refractivity contribution in [2.75, 3.05) is 0 Å². The summed E-state index contributed by atoms with van der Waals surface area (Å²) in [4.78, 5) is 12.3. The second kappa shape index (κ2) is 7.47. The van der Waals surface area contributed by atoms with Crippen LogP contribution in [-0.4, -0.2) is 16.1 Å². The van der Waals surface area contributed by atoms with Gasteiger partial charge in [-0.2, -0.15) is 5.10 Å². The minimum atomic E-state index is -0.173. The fourth-order valence-corrected chi connectivity index (χ4v) is 3.41. The zero-order valence-corrected chi connectivity index (χ0v) is 15.5. The van der Waals surface area contributed by atoms with E-state index >= 15 is 0 Å². The highest BCUT2D eigenvalue weighted by molar-refractivity contribution is 9.10. The van der Waals surface area contributed by atoms with Crippen molar-refractivity contribution in [3.8, 4) is 0 Å². The normalized spacial score (nSPS) is 12.9. The molecule has 5 nitrogen and oxygen atoms in total. The molecule has 1 aromatic heterocycles. The molecule has 2 aromatic rings. The molecular formula is C16H20BrClN4O. The Morgan fingerprint density at radius 1 is 1.35 bits per heavy atom. The fraction of sp³-hybridized carbons (Fsp3) is 0.375. The Morgan fingerprint density at radius 2 is 2.09 bits per heavy atom. The molecule has 0 radical (unpaired) electrons. The van der Waals surface area contributed by atoms with E-state index in [1.165, 1.54) is 11.1 Å². The molecule has 0 saturated carbocycles. The Bertz CT molecular complexity index is 714. The van der Waals surface area contributed by atoms with E-state index in [1.54, 1.807) is 0 Å². The van der Waals surface area contributed by atoms with Crippen LogP contribution in [0.15, 0.2) is 22.7 Å². The monoisotopic (exact) mass is 398 g/mol. The number of hydrogen-bond acceptors (Lipinski definition) is 3. The third-order valence-electron chi connectivity index (χ3n) is 3.88. The number of nitrogens with one attached hydrogen (secondary N) is 3. The molecule has 0 unspecified atom stereocenters. The van der Waals surface area contributed by atoms with Gasteiger partial charge in [0.25, 0.3) is 5.91 Å². The second-order valence-electron chi connectivity index (χ2n) is 5.84. The quantitative estimate of drug-likeness (QED) is 0.739. The van der Waals surface area contributed by atoms with Crippen LogP contribution in [-0.2, 0) is 19.6 Å². The van der Waals surface area contributed by atoms with Gasteiger partial charge in [-0.15, -0.1) is 12.4 Å². The van der Waals surface area contributed by atoms with Gasteiger partial charge in [-0.3, -0.25) is 9.89 Å². The van der Waals surface area contributed by atoms with Crippen molar-refractivity contribution >= 4 is 34.2 Å². The summed E-state index contributed by atoms with van der Waals surface area (Å²) in [7, 11) is 0. The number of H-pyrrole nitrogens is 1. The summed E-state index contributed by atoms with van der Waals surface area (Å²) < 4.78 is 0.748. The van der Waals surface area contributed by atoms with Crippen LogP contribution in [0.4, 0.5) is 0 Å². The number of aromatic amines is 1. The van der Waals surface area contributed by atoms with Crippen molar-refractivity contribution < 1.29 is 4.79 Å².